The number of allylic oxidation sites excluding steroid dienone is 1. The highest BCUT2D eigenvalue weighted by molar-refractivity contribution is 7.96. The van der Waals surface area contributed by atoms with Crippen molar-refractivity contribution in [1.82, 2.24) is 0 Å². The number of nitrogens with two attached hydrogens (primary N) is 1. The lowest BCUT2D eigenvalue weighted by Gasteiger charge is -2.31. The second-order valence-electron chi connectivity index (χ2n) is 5.39. The number of para-hydroxylation sites is 1. The van der Waals surface area contributed by atoms with Crippen LogP contribution in [-0.2, 0) is 30.4 Å². The van der Waals surface area contributed by atoms with Crippen LogP contribution in [0.3, 0.4) is 0 Å². The van der Waals surface area contributed by atoms with Crippen LogP contribution in [0.1, 0.15) is 0 Å². The van der Waals surface area contributed by atoms with Crippen LogP contribution >= 0.6 is 0 Å². The third-order valence-electron chi connectivity index (χ3n) is 3.82. The van der Waals surface area contributed by atoms with E-state index in [-0.39, 0.29) is 16.1 Å². The molecule has 1 aromatic rings. The molecular weight excluding hydrogens is 412 g/mol. The zero-order valence-electron chi connectivity index (χ0n) is 12.4. The van der Waals surface area contributed by atoms with Gasteiger partial charge in [0, 0.05) is 10.8 Å². The van der Waals surface area contributed by atoms with Gasteiger partial charge in [0.2, 0.25) is 4.87 Å². The molecule has 14 heteroatoms. The fourth-order valence-corrected chi connectivity index (χ4v) is 6.39. The van der Waals surface area contributed by atoms with Crippen LogP contribution in [0.15, 0.2) is 50.8 Å². The molecule has 0 fully saturated rings. The van der Waals surface area contributed by atoms with Gasteiger partial charge in [-0.2, -0.15) is 25.3 Å². The van der Waals surface area contributed by atoms with Crippen molar-refractivity contribution >= 4 is 35.9 Å². The van der Waals surface area contributed by atoms with Crippen LogP contribution in [0.2, 0.25) is 0 Å². The van der Waals surface area contributed by atoms with Gasteiger partial charge < -0.3 is 5.73 Å². The number of hydrogen-bond donors (Lipinski definition) is 4. The van der Waals surface area contributed by atoms with Crippen molar-refractivity contribution in [2.24, 2.45) is 10.7 Å². The van der Waals surface area contributed by atoms with Crippen LogP contribution in [0, 0.1) is 0 Å². The van der Waals surface area contributed by atoms with Gasteiger partial charge >= 0.3 is 0 Å². The van der Waals surface area contributed by atoms with Gasteiger partial charge in [-0.15, -0.1) is 0 Å². The van der Waals surface area contributed by atoms with Gasteiger partial charge in [0.05, 0.1) is 11.1 Å². The number of rotatable bonds is 3. The van der Waals surface area contributed by atoms with E-state index in [2.05, 4.69) is 4.99 Å². The molecular formula is C12H10N2O9S3. The normalized spacial score (nSPS) is 23.2. The second-order valence-corrected chi connectivity index (χ2v) is 9.73. The fourth-order valence-electron chi connectivity index (χ4n) is 2.78. The lowest BCUT2D eigenvalue weighted by Crippen LogP contribution is -2.56. The minimum atomic E-state index is -5.72. The molecule has 1 unspecified atom stereocenters. The molecule has 0 aromatic heterocycles. The smallest absolute Gasteiger partial charge is 0.296 e. The molecule has 0 saturated heterocycles. The summed E-state index contributed by atoms with van der Waals surface area (Å²) in [4.78, 5) is -2.96. The van der Waals surface area contributed by atoms with Gasteiger partial charge in [0.15, 0.2) is 0 Å². The molecule has 1 aliphatic carbocycles. The Labute approximate surface area is 147 Å². The molecule has 1 aliphatic heterocycles. The van der Waals surface area contributed by atoms with Crippen molar-refractivity contribution in [1.29, 1.82) is 0 Å². The van der Waals surface area contributed by atoms with Crippen LogP contribution in [-0.4, -0.2) is 43.8 Å². The van der Waals surface area contributed by atoms with E-state index in [1.165, 1.54) is 24.3 Å². The summed E-state index contributed by atoms with van der Waals surface area (Å²) in [5.41, 5.74) is 4.59. The van der Waals surface area contributed by atoms with Crippen LogP contribution in [0.5, 0.6) is 0 Å². The average Bonchev–Trinajstić information content (AvgIpc) is 2.80. The van der Waals surface area contributed by atoms with Crippen molar-refractivity contribution < 1.29 is 38.9 Å². The standard InChI is InChI=1S/C12H10N2O9S3/c13-12(26(21,22)23)9(24(15,16)17)5-7-6-3-1-2-4-8(6)14-10(7)11(12)25(18,19)20/h1-5H,13H2,(H,15,16,17)(H,18,19,20)(H,21,22,23). The van der Waals surface area contributed by atoms with E-state index in [4.69, 9.17) is 5.73 Å². The van der Waals surface area contributed by atoms with E-state index < -0.39 is 50.7 Å². The van der Waals surface area contributed by atoms with Gasteiger partial charge in [-0.25, -0.2) is 4.99 Å². The number of nitrogens with zero attached hydrogens (tertiary/aromatic N) is 1. The molecule has 0 radical (unpaired) electrons. The lowest BCUT2D eigenvalue weighted by molar-refractivity contribution is 0.444. The van der Waals surface area contributed by atoms with Crippen molar-refractivity contribution in [3.8, 4) is 0 Å². The molecule has 11 nitrogen and oxygen atoms in total. The molecule has 2 aliphatic rings. The summed E-state index contributed by atoms with van der Waals surface area (Å²) in [6.07, 6.45) is 0.586. The van der Waals surface area contributed by atoms with Gasteiger partial charge in [0.25, 0.3) is 30.4 Å². The first-order chi connectivity index (χ1) is 11.7. The summed E-state index contributed by atoms with van der Waals surface area (Å²) in [6, 6.07) is 5.84. The third-order valence-corrected chi connectivity index (χ3v) is 7.34. The Kier molecular flexibility index (Phi) is 3.83. The Hall–Kier alpha value is -1.94. The Balaban J connectivity index is 2.68. The second kappa shape index (κ2) is 5.29. The van der Waals surface area contributed by atoms with E-state index in [0.717, 1.165) is 0 Å². The Morgan fingerprint density at radius 3 is 2.00 bits per heavy atom. The maximum absolute atomic E-state index is 11.9. The van der Waals surface area contributed by atoms with Crippen molar-refractivity contribution in [2.75, 3.05) is 0 Å². The van der Waals surface area contributed by atoms with Crippen molar-refractivity contribution in [3.05, 3.63) is 56.4 Å². The molecule has 3 rings (SSSR count). The summed E-state index contributed by atoms with van der Waals surface area (Å²) < 4.78 is 99.3. The minimum absolute atomic E-state index is 0.129. The zero-order chi connectivity index (χ0) is 19.7. The summed E-state index contributed by atoms with van der Waals surface area (Å²) >= 11 is 0. The van der Waals surface area contributed by atoms with E-state index in [1.54, 1.807) is 0 Å². The molecule has 26 heavy (non-hydrogen) atoms. The van der Waals surface area contributed by atoms with Crippen molar-refractivity contribution in [3.63, 3.8) is 0 Å². The first-order valence-electron chi connectivity index (χ1n) is 6.55. The Bertz CT molecular complexity index is 1350. The number of benzene rings is 1. The van der Waals surface area contributed by atoms with Gasteiger partial charge in [0.1, 0.15) is 9.81 Å². The summed E-state index contributed by atoms with van der Waals surface area (Å²) in [6.45, 7) is 0. The topological polar surface area (TPSA) is 201 Å². The van der Waals surface area contributed by atoms with Crippen LogP contribution in [0.4, 0.5) is 0 Å². The molecule has 140 valence electrons. The predicted molar refractivity (Wildman–Crippen MR) is 87.3 cm³/mol. The Morgan fingerprint density at radius 1 is 0.923 bits per heavy atom. The van der Waals surface area contributed by atoms with Crippen molar-refractivity contribution in [2.45, 2.75) is 4.87 Å². The maximum Gasteiger partial charge on any atom is 0.296 e. The largest absolute Gasteiger partial charge is 0.302 e. The lowest BCUT2D eigenvalue weighted by atomic mass is 10.0. The summed E-state index contributed by atoms with van der Waals surface area (Å²) in [5, 5.41) is 0.325. The number of hydrogen-bond acceptors (Lipinski definition) is 8. The summed E-state index contributed by atoms with van der Waals surface area (Å²) in [7, 11) is -16.6. The third kappa shape index (κ3) is 2.54. The molecule has 0 amide bonds. The molecule has 1 heterocycles. The minimum Gasteiger partial charge on any atom is -0.302 e. The molecule has 0 spiro atoms. The first kappa shape index (κ1) is 18.8. The highest BCUT2D eigenvalue weighted by Crippen LogP contribution is 2.43. The number of fused-ring (bicyclic) bond motifs is 2. The Morgan fingerprint density at radius 2 is 1.50 bits per heavy atom. The van der Waals surface area contributed by atoms with Crippen LogP contribution < -0.4 is 16.3 Å². The summed E-state index contributed by atoms with van der Waals surface area (Å²) in [5.74, 6) is 0. The van der Waals surface area contributed by atoms with Gasteiger partial charge in [-0.3, -0.25) is 13.7 Å². The molecule has 0 saturated carbocycles. The van der Waals surface area contributed by atoms with E-state index in [0.29, 0.717) is 6.08 Å². The van der Waals surface area contributed by atoms with Gasteiger partial charge in [-0.1, -0.05) is 18.2 Å². The SMILES string of the molecule is NC1(S(=O)(=O)O)C(S(=O)(=O)O)=CC2=c3ccccc3=NC2=C1S(=O)(=O)O. The maximum atomic E-state index is 11.9. The average molecular weight is 422 g/mol. The highest BCUT2D eigenvalue weighted by Gasteiger charge is 2.59. The molecule has 1 aromatic carbocycles. The fraction of sp³-hybridized carbons (Fsp3) is 0.0833. The van der Waals surface area contributed by atoms with Gasteiger partial charge in [-0.05, 0) is 12.1 Å². The van der Waals surface area contributed by atoms with E-state index in [9.17, 15) is 38.9 Å². The predicted octanol–water partition coefficient (Wildman–Crippen LogP) is -2.10. The highest BCUT2D eigenvalue weighted by atomic mass is 32.2. The van der Waals surface area contributed by atoms with E-state index >= 15 is 0 Å². The molecule has 5 N–H and O–H groups in total. The quantitative estimate of drug-likeness (QED) is 0.391. The molecule has 0 bridgehead atoms. The van der Waals surface area contributed by atoms with Crippen LogP contribution in [0.25, 0.3) is 5.57 Å². The zero-order valence-corrected chi connectivity index (χ0v) is 14.9. The first-order valence-corrected chi connectivity index (χ1v) is 10.9. The monoisotopic (exact) mass is 422 g/mol. The molecule has 1 atom stereocenters. The van der Waals surface area contributed by atoms with E-state index in [1.807, 2.05) is 0 Å².